The van der Waals surface area contributed by atoms with E-state index in [1.165, 1.54) is 0 Å². The fourth-order valence-electron chi connectivity index (χ4n) is 1.47. The van der Waals surface area contributed by atoms with Gasteiger partial charge < -0.3 is 11.1 Å². The van der Waals surface area contributed by atoms with Crippen LogP contribution in [0, 0.1) is 0 Å². The van der Waals surface area contributed by atoms with Crippen molar-refractivity contribution in [3.63, 3.8) is 0 Å². The number of nitrogens with two attached hydrogens (primary N) is 1. The molecule has 0 radical (unpaired) electrons. The number of nitrogens with one attached hydrogen (secondary N) is 1. The number of pyridine rings is 1. The van der Waals surface area contributed by atoms with Gasteiger partial charge in [-0.2, -0.15) is 5.10 Å². The Morgan fingerprint density at radius 3 is 3.00 bits per heavy atom. The van der Waals surface area contributed by atoms with Crippen molar-refractivity contribution in [1.82, 2.24) is 14.8 Å². The molecule has 0 aliphatic carbocycles. The van der Waals surface area contributed by atoms with Gasteiger partial charge in [0, 0.05) is 20.6 Å². The van der Waals surface area contributed by atoms with Gasteiger partial charge in [-0.15, -0.1) is 0 Å². The topological polar surface area (TPSA) is 68.8 Å². The van der Waals surface area contributed by atoms with E-state index >= 15 is 0 Å². The quantitative estimate of drug-likeness (QED) is 0.724. The SMILES string of the molecule is CNc1cc(CN)c2nn(C)cc2n1. The molecule has 2 aromatic rings. The zero-order valence-electron chi connectivity index (χ0n) is 8.28. The van der Waals surface area contributed by atoms with Gasteiger partial charge >= 0.3 is 0 Å². The predicted octanol–water partition coefficient (Wildman–Crippen LogP) is 0.469. The Kier molecular flexibility index (Phi) is 2.09. The van der Waals surface area contributed by atoms with E-state index in [4.69, 9.17) is 5.73 Å². The Labute approximate surface area is 81.9 Å². The first kappa shape index (κ1) is 8.96. The van der Waals surface area contributed by atoms with Crippen LogP contribution in [0.15, 0.2) is 12.3 Å². The molecule has 74 valence electrons. The number of nitrogens with zero attached hydrogens (tertiary/aromatic N) is 3. The zero-order valence-corrected chi connectivity index (χ0v) is 8.28. The molecule has 0 saturated carbocycles. The van der Waals surface area contributed by atoms with Crippen LogP contribution >= 0.6 is 0 Å². The maximum absolute atomic E-state index is 5.64. The van der Waals surface area contributed by atoms with Crippen molar-refractivity contribution in [1.29, 1.82) is 0 Å². The highest BCUT2D eigenvalue weighted by Crippen LogP contribution is 2.18. The number of hydrogen-bond acceptors (Lipinski definition) is 4. The average Bonchev–Trinajstić information content (AvgIpc) is 2.56. The third-order valence-electron chi connectivity index (χ3n) is 2.14. The molecule has 0 amide bonds. The second-order valence-electron chi connectivity index (χ2n) is 3.16. The van der Waals surface area contributed by atoms with Gasteiger partial charge in [0.25, 0.3) is 0 Å². The number of anilines is 1. The smallest absolute Gasteiger partial charge is 0.126 e. The molecule has 0 aliphatic heterocycles. The van der Waals surface area contributed by atoms with Crippen molar-refractivity contribution in [3.8, 4) is 0 Å². The van der Waals surface area contributed by atoms with Crippen molar-refractivity contribution >= 4 is 16.9 Å². The van der Waals surface area contributed by atoms with Crippen molar-refractivity contribution < 1.29 is 0 Å². The van der Waals surface area contributed by atoms with Crippen molar-refractivity contribution in [2.24, 2.45) is 12.8 Å². The van der Waals surface area contributed by atoms with Crippen molar-refractivity contribution in [3.05, 3.63) is 17.8 Å². The predicted molar refractivity (Wildman–Crippen MR) is 55.9 cm³/mol. The van der Waals surface area contributed by atoms with Crippen LogP contribution in [0.4, 0.5) is 5.82 Å². The maximum Gasteiger partial charge on any atom is 0.126 e. The van der Waals surface area contributed by atoms with E-state index in [-0.39, 0.29) is 0 Å². The number of rotatable bonds is 2. The normalized spacial score (nSPS) is 10.8. The molecule has 0 unspecified atom stereocenters. The lowest BCUT2D eigenvalue weighted by atomic mass is 10.2. The number of hydrogen-bond donors (Lipinski definition) is 2. The summed E-state index contributed by atoms with van der Waals surface area (Å²) < 4.78 is 1.75. The van der Waals surface area contributed by atoms with Gasteiger partial charge in [0.2, 0.25) is 0 Å². The molecule has 0 atom stereocenters. The van der Waals surface area contributed by atoms with E-state index in [2.05, 4.69) is 15.4 Å². The van der Waals surface area contributed by atoms with Crippen molar-refractivity contribution in [2.45, 2.75) is 6.54 Å². The summed E-state index contributed by atoms with van der Waals surface area (Å²) in [5, 5.41) is 7.31. The van der Waals surface area contributed by atoms with Crippen LogP contribution in [-0.2, 0) is 13.6 Å². The van der Waals surface area contributed by atoms with Gasteiger partial charge in [0.15, 0.2) is 0 Å². The summed E-state index contributed by atoms with van der Waals surface area (Å²) in [4.78, 5) is 4.37. The van der Waals surface area contributed by atoms with Crippen molar-refractivity contribution in [2.75, 3.05) is 12.4 Å². The first-order valence-corrected chi connectivity index (χ1v) is 4.45. The minimum Gasteiger partial charge on any atom is -0.373 e. The molecule has 5 nitrogen and oxygen atoms in total. The van der Waals surface area contributed by atoms with E-state index in [9.17, 15) is 0 Å². The zero-order chi connectivity index (χ0) is 10.1. The molecule has 0 aliphatic rings. The summed E-state index contributed by atoms with van der Waals surface area (Å²) in [6.45, 7) is 0.477. The molecule has 0 saturated heterocycles. The van der Waals surface area contributed by atoms with Gasteiger partial charge in [-0.05, 0) is 11.6 Å². The summed E-state index contributed by atoms with van der Waals surface area (Å²) in [5.74, 6) is 0.825. The lowest BCUT2D eigenvalue weighted by Gasteiger charge is -2.02. The molecule has 2 aromatic heterocycles. The summed E-state index contributed by atoms with van der Waals surface area (Å²) in [6, 6.07) is 1.93. The average molecular weight is 191 g/mol. The Bertz CT molecular complexity index is 459. The first-order chi connectivity index (χ1) is 6.74. The second kappa shape index (κ2) is 3.26. The third-order valence-corrected chi connectivity index (χ3v) is 2.14. The summed E-state index contributed by atoms with van der Waals surface area (Å²) in [7, 11) is 3.71. The molecule has 14 heavy (non-hydrogen) atoms. The molecule has 2 rings (SSSR count). The first-order valence-electron chi connectivity index (χ1n) is 4.45. The van der Waals surface area contributed by atoms with Gasteiger partial charge in [-0.25, -0.2) is 4.98 Å². The van der Waals surface area contributed by atoms with Crippen LogP contribution in [0.1, 0.15) is 5.56 Å². The van der Waals surface area contributed by atoms with Gasteiger partial charge in [0.05, 0.1) is 6.20 Å². The minimum absolute atomic E-state index is 0.477. The Hall–Kier alpha value is -1.62. The Morgan fingerprint density at radius 2 is 2.36 bits per heavy atom. The Balaban J connectivity index is 2.72. The Morgan fingerprint density at radius 1 is 1.57 bits per heavy atom. The number of aryl methyl sites for hydroxylation is 1. The molecule has 2 heterocycles. The molecule has 0 bridgehead atoms. The van der Waals surface area contributed by atoms with Gasteiger partial charge in [-0.3, -0.25) is 4.68 Å². The minimum atomic E-state index is 0.477. The molecule has 5 heteroatoms. The standard InChI is InChI=1S/C9H13N5/c1-11-8-3-6(4-10)9-7(12-8)5-14(2)13-9/h3,5H,4,10H2,1-2H3,(H,11,12). The molecule has 3 N–H and O–H groups in total. The maximum atomic E-state index is 5.64. The molecule has 0 fully saturated rings. The fraction of sp³-hybridized carbons (Fsp3) is 0.333. The van der Waals surface area contributed by atoms with Crippen LogP contribution in [0.25, 0.3) is 11.0 Å². The summed E-state index contributed by atoms with van der Waals surface area (Å²) >= 11 is 0. The number of fused-ring (bicyclic) bond motifs is 1. The van der Waals surface area contributed by atoms with E-state index in [0.717, 1.165) is 22.4 Å². The highest BCUT2D eigenvalue weighted by molar-refractivity contribution is 5.79. The van der Waals surface area contributed by atoms with Crippen LogP contribution in [0.5, 0.6) is 0 Å². The highest BCUT2D eigenvalue weighted by Gasteiger charge is 2.07. The molecular weight excluding hydrogens is 178 g/mol. The molecular formula is C9H13N5. The monoisotopic (exact) mass is 191 g/mol. The van der Waals surface area contributed by atoms with Gasteiger partial charge in [0.1, 0.15) is 16.9 Å². The fourth-order valence-corrected chi connectivity index (χ4v) is 1.47. The van der Waals surface area contributed by atoms with E-state index < -0.39 is 0 Å². The van der Waals surface area contributed by atoms with Crippen LogP contribution in [0.3, 0.4) is 0 Å². The second-order valence-corrected chi connectivity index (χ2v) is 3.16. The lowest BCUT2D eigenvalue weighted by molar-refractivity contribution is 0.777. The number of aromatic nitrogens is 3. The summed E-state index contributed by atoms with van der Waals surface area (Å²) in [6.07, 6.45) is 1.88. The van der Waals surface area contributed by atoms with E-state index in [1.54, 1.807) is 4.68 Å². The highest BCUT2D eigenvalue weighted by atomic mass is 15.3. The van der Waals surface area contributed by atoms with E-state index in [1.807, 2.05) is 26.4 Å². The van der Waals surface area contributed by atoms with Crippen LogP contribution < -0.4 is 11.1 Å². The van der Waals surface area contributed by atoms with E-state index in [0.29, 0.717) is 6.54 Å². The third kappa shape index (κ3) is 1.31. The van der Waals surface area contributed by atoms with Crippen LogP contribution in [-0.4, -0.2) is 21.8 Å². The molecule has 0 spiro atoms. The summed E-state index contributed by atoms with van der Waals surface area (Å²) in [5.41, 5.74) is 8.42. The van der Waals surface area contributed by atoms with Crippen LogP contribution in [0.2, 0.25) is 0 Å². The van der Waals surface area contributed by atoms with Gasteiger partial charge in [-0.1, -0.05) is 0 Å². The lowest BCUT2D eigenvalue weighted by Crippen LogP contribution is -2.01. The largest absolute Gasteiger partial charge is 0.373 e. The molecule has 0 aromatic carbocycles.